The Balaban J connectivity index is 2.67. The Morgan fingerprint density at radius 3 is 2.05 bits per heavy atom. The van der Waals surface area contributed by atoms with Crippen molar-refractivity contribution < 1.29 is 26.7 Å². The summed E-state index contributed by atoms with van der Waals surface area (Å²) in [6.07, 6.45) is -5.37. The highest BCUT2D eigenvalue weighted by atomic mass is 19.4. The molecule has 0 bridgehead atoms. The lowest BCUT2D eigenvalue weighted by atomic mass is 10.1. The van der Waals surface area contributed by atoms with Crippen LogP contribution in [0.1, 0.15) is 13.3 Å². The maximum atomic E-state index is 12.9. The molecule has 0 aromatic carbocycles. The Labute approximate surface area is 112 Å². The first-order chi connectivity index (χ1) is 9.15. The minimum Gasteiger partial charge on any atom is -0.335 e. The monoisotopic (exact) mass is 299 g/mol. The third kappa shape index (κ3) is 3.17. The molecule has 0 spiro atoms. The van der Waals surface area contributed by atoms with E-state index in [2.05, 4.69) is 0 Å². The van der Waals surface area contributed by atoms with Gasteiger partial charge in [0.2, 0.25) is 0 Å². The predicted molar refractivity (Wildman–Crippen MR) is 58.8 cm³/mol. The average Bonchev–Trinajstić information content (AvgIpc) is 2.39. The van der Waals surface area contributed by atoms with Gasteiger partial charge in [-0.15, -0.1) is 0 Å². The minimum atomic E-state index is -5.89. The molecule has 0 saturated carbocycles. The Hall–Kier alpha value is -1.43. The van der Waals surface area contributed by atoms with E-state index in [1.165, 1.54) is 0 Å². The van der Waals surface area contributed by atoms with Crippen LogP contribution in [0.4, 0.5) is 22.0 Å². The molecule has 0 aliphatic carbocycles. The molecule has 1 aliphatic heterocycles. The first-order valence-corrected chi connectivity index (χ1v) is 6.02. The number of nitrogens with zero attached hydrogens (tertiary/aromatic N) is 3. The van der Waals surface area contributed by atoms with Crippen LogP contribution in [-0.2, 0) is 4.79 Å². The molecule has 0 aromatic rings. The zero-order valence-corrected chi connectivity index (χ0v) is 10.8. The van der Waals surface area contributed by atoms with E-state index < -0.39 is 24.0 Å². The van der Waals surface area contributed by atoms with Crippen LogP contribution in [0, 0.1) is 11.3 Å². The Morgan fingerprint density at radius 1 is 1.20 bits per heavy atom. The molecule has 4 nitrogen and oxygen atoms in total. The van der Waals surface area contributed by atoms with Crippen LogP contribution >= 0.6 is 0 Å². The summed E-state index contributed by atoms with van der Waals surface area (Å²) in [7, 11) is 0. The van der Waals surface area contributed by atoms with Gasteiger partial charge in [0, 0.05) is 26.2 Å². The lowest BCUT2D eigenvalue weighted by Crippen LogP contribution is -2.58. The zero-order valence-electron chi connectivity index (χ0n) is 10.8. The average molecular weight is 299 g/mol. The van der Waals surface area contributed by atoms with E-state index in [4.69, 9.17) is 5.26 Å². The van der Waals surface area contributed by atoms with Crippen LogP contribution < -0.4 is 0 Å². The van der Waals surface area contributed by atoms with Gasteiger partial charge in [0.25, 0.3) is 0 Å². The summed E-state index contributed by atoms with van der Waals surface area (Å²) in [6.45, 7) is 1.48. The molecule has 1 atom stereocenters. The first-order valence-electron chi connectivity index (χ1n) is 6.02. The van der Waals surface area contributed by atoms with E-state index in [9.17, 15) is 26.7 Å². The number of amides is 1. The number of halogens is 5. The van der Waals surface area contributed by atoms with Crippen LogP contribution in [0.15, 0.2) is 0 Å². The standard InChI is InChI=1S/C11H14F5N3O/c1-2-8(7-17)18-3-5-19(6-4-18)9(20)10(12,13)11(14,15)16/h8H,2-6H2,1H3. The molecular weight excluding hydrogens is 285 g/mol. The summed E-state index contributed by atoms with van der Waals surface area (Å²) in [5.74, 6) is -7.59. The number of hydrogen-bond acceptors (Lipinski definition) is 3. The predicted octanol–water partition coefficient (Wildman–Crippen LogP) is 1.63. The highest BCUT2D eigenvalue weighted by Crippen LogP contribution is 2.37. The van der Waals surface area contributed by atoms with E-state index in [0.29, 0.717) is 11.3 Å². The van der Waals surface area contributed by atoms with Crippen LogP contribution in [-0.4, -0.2) is 60.0 Å². The lowest BCUT2D eigenvalue weighted by molar-refractivity contribution is -0.274. The van der Waals surface area contributed by atoms with Crippen molar-refractivity contribution in [1.29, 1.82) is 5.26 Å². The molecule has 0 N–H and O–H groups in total. The zero-order chi connectivity index (χ0) is 15.6. The van der Waals surface area contributed by atoms with Gasteiger partial charge in [-0.3, -0.25) is 9.69 Å². The van der Waals surface area contributed by atoms with Crippen LogP contribution in [0.25, 0.3) is 0 Å². The van der Waals surface area contributed by atoms with Gasteiger partial charge in [0.15, 0.2) is 0 Å². The first kappa shape index (κ1) is 16.6. The van der Waals surface area contributed by atoms with Crippen molar-refractivity contribution >= 4 is 5.91 Å². The summed E-state index contributed by atoms with van der Waals surface area (Å²) < 4.78 is 62.1. The van der Waals surface area contributed by atoms with Gasteiger partial charge >= 0.3 is 18.0 Å². The highest BCUT2D eigenvalue weighted by molar-refractivity contribution is 5.84. The Morgan fingerprint density at radius 2 is 1.70 bits per heavy atom. The van der Waals surface area contributed by atoms with Gasteiger partial charge in [0.1, 0.15) is 0 Å². The quantitative estimate of drug-likeness (QED) is 0.744. The van der Waals surface area contributed by atoms with Crippen molar-refractivity contribution in [1.82, 2.24) is 9.80 Å². The van der Waals surface area contributed by atoms with Crippen LogP contribution in [0.3, 0.4) is 0 Å². The Kier molecular flexibility index (Phi) is 4.91. The van der Waals surface area contributed by atoms with Crippen molar-refractivity contribution in [2.45, 2.75) is 31.5 Å². The van der Waals surface area contributed by atoms with Crippen LogP contribution in [0.5, 0.6) is 0 Å². The molecule has 20 heavy (non-hydrogen) atoms. The van der Waals surface area contributed by atoms with Gasteiger partial charge in [-0.05, 0) is 6.42 Å². The second-order valence-corrected chi connectivity index (χ2v) is 4.45. The molecule has 1 rings (SSSR count). The fourth-order valence-electron chi connectivity index (χ4n) is 1.99. The number of piperazine rings is 1. The molecule has 1 fully saturated rings. The number of carbonyl (C=O) groups is 1. The van der Waals surface area contributed by atoms with Gasteiger partial charge in [-0.2, -0.15) is 27.2 Å². The van der Waals surface area contributed by atoms with Crippen molar-refractivity contribution in [2.24, 2.45) is 0 Å². The molecule has 0 aromatic heterocycles. The number of nitriles is 1. The smallest absolute Gasteiger partial charge is 0.335 e. The number of rotatable bonds is 3. The fourth-order valence-corrected chi connectivity index (χ4v) is 1.99. The molecule has 1 saturated heterocycles. The highest BCUT2D eigenvalue weighted by Gasteiger charge is 2.64. The van der Waals surface area contributed by atoms with E-state index in [1.807, 2.05) is 6.07 Å². The topological polar surface area (TPSA) is 47.3 Å². The van der Waals surface area contributed by atoms with Crippen molar-refractivity contribution in [3.05, 3.63) is 0 Å². The molecular formula is C11H14F5N3O. The maximum Gasteiger partial charge on any atom is 0.463 e. The van der Waals surface area contributed by atoms with Gasteiger partial charge in [-0.25, -0.2) is 0 Å². The van der Waals surface area contributed by atoms with E-state index in [0.717, 1.165) is 0 Å². The molecule has 1 aliphatic rings. The maximum absolute atomic E-state index is 12.9. The minimum absolute atomic E-state index is 0.103. The fraction of sp³-hybridized carbons (Fsp3) is 0.818. The largest absolute Gasteiger partial charge is 0.463 e. The van der Waals surface area contributed by atoms with Crippen molar-refractivity contribution in [3.8, 4) is 6.07 Å². The third-order valence-electron chi connectivity index (χ3n) is 3.20. The number of carbonyl (C=O) groups excluding carboxylic acids is 1. The molecule has 9 heteroatoms. The van der Waals surface area contributed by atoms with E-state index >= 15 is 0 Å². The van der Waals surface area contributed by atoms with Gasteiger partial charge in [-0.1, -0.05) is 6.92 Å². The molecule has 1 unspecified atom stereocenters. The number of alkyl halides is 5. The molecule has 1 amide bonds. The number of hydrogen-bond donors (Lipinski definition) is 0. The van der Waals surface area contributed by atoms with Crippen molar-refractivity contribution in [2.75, 3.05) is 26.2 Å². The van der Waals surface area contributed by atoms with Crippen LogP contribution in [0.2, 0.25) is 0 Å². The van der Waals surface area contributed by atoms with E-state index in [1.54, 1.807) is 11.8 Å². The Bertz CT molecular complexity index is 396. The summed E-state index contributed by atoms with van der Waals surface area (Å²) in [6, 6.07) is 1.59. The molecule has 1 heterocycles. The molecule has 114 valence electrons. The van der Waals surface area contributed by atoms with Crippen molar-refractivity contribution in [3.63, 3.8) is 0 Å². The second-order valence-electron chi connectivity index (χ2n) is 4.45. The van der Waals surface area contributed by atoms with Gasteiger partial charge in [0.05, 0.1) is 12.1 Å². The molecule has 0 radical (unpaired) electrons. The summed E-state index contributed by atoms with van der Waals surface area (Å²) in [4.78, 5) is 13.4. The summed E-state index contributed by atoms with van der Waals surface area (Å²) in [5, 5.41) is 8.85. The third-order valence-corrected chi connectivity index (χ3v) is 3.20. The van der Waals surface area contributed by atoms with Gasteiger partial charge < -0.3 is 4.90 Å². The second kappa shape index (κ2) is 5.91. The normalized spacial score (nSPS) is 19.6. The summed E-state index contributed by atoms with van der Waals surface area (Å²) in [5.41, 5.74) is 0. The van der Waals surface area contributed by atoms with E-state index in [-0.39, 0.29) is 26.2 Å². The lowest BCUT2D eigenvalue weighted by Gasteiger charge is -2.37. The SMILES string of the molecule is CCC(C#N)N1CCN(C(=O)C(F)(F)C(F)(F)F)CC1. The summed E-state index contributed by atoms with van der Waals surface area (Å²) >= 11 is 0.